The first-order valence-electron chi connectivity index (χ1n) is 37.6. The molecule has 0 atom stereocenters. The lowest BCUT2D eigenvalue weighted by atomic mass is 10.0. The minimum Gasteiger partial charge on any atom is -0.469 e. The van der Waals surface area contributed by atoms with E-state index >= 15 is 0 Å². The number of anilines is 3. The van der Waals surface area contributed by atoms with Crippen molar-refractivity contribution in [1.29, 1.82) is 0 Å². The summed E-state index contributed by atoms with van der Waals surface area (Å²) >= 11 is 0. The summed E-state index contributed by atoms with van der Waals surface area (Å²) in [6.07, 6.45) is 12.8. The fourth-order valence-electron chi connectivity index (χ4n) is 13.8. The topological polar surface area (TPSA) is 311 Å². The van der Waals surface area contributed by atoms with Crippen LogP contribution in [0, 0.1) is 17.5 Å². The second-order valence-electron chi connectivity index (χ2n) is 28.9. The molecule has 32 heteroatoms. The van der Waals surface area contributed by atoms with Crippen LogP contribution in [0.4, 0.5) is 31.0 Å². The fourth-order valence-corrected chi connectivity index (χ4v) is 13.8. The van der Waals surface area contributed by atoms with Crippen LogP contribution in [0.3, 0.4) is 0 Å². The maximum atomic E-state index is 13.2. The third-order valence-electron chi connectivity index (χ3n) is 19.8. The second kappa shape index (κ2) is 40.8. The Balaban J connectivity index is 0.000000172. The zero-order valence-corrected chi connectivity index (χ0v) is 62.3. The van der Waals surface area contributed by atoms with Gasteiger partial charge in [-0.25, -0.2) is 28.1 Å². The van der Waals surface area contributed by atoms with E-state index in [2.05, 4.69) is 110 Å². The molecule has 5 N–H and O–H groups in total. The first-order valence-corrected chi connectivity index (χ1v) is 37.6. The maximum Gasteiger partial charge on any atom is 0.306 e. The Bertz CT molecular complexity index is 3750. The molecule has 6 saturated heterocycles. The second-order valence-corrected chi connectivity index (χ2v) is 28.9. The number of amides is 3. The molecule has 0 spiro atoms. The van der Waals surface area contributed by atoms with Crippen LogP contribution in [0.5, 0.6) is 0 Å². The van der Waals surface area contributed by atoms with E-state index in [1.807, 2.05) is 20.8 Å². The van der Waals surface area contributed by atoms with Crippen molar-refractivity contribution in [2.24, 2.45) is 5.73 Å². The Kier molecular flexibility index (Phi) is 30.7. The number of rotatable bonds is 25. The van der Waals surface area contributed by atoms with Gasteiger partial charge in [0.15, 0.2) is 0 Å². The average Bonchev–Trinajstić information content (AvgIpc) is 0.845. The highest BCUT2D eigenvalue weighted by molar-refractivity contribution is 5.79. The Morgan fingerprint density at radius 2 is 0.710 bits per heavy atom. The third kappa shape index (κ3) is 26.7. The number of aromatic nitrogens is 9. The highest BCUT2D eigenvalue weighted by Gasteiger charge is 2.29. The Morgan fingerprint density at radius 3 is 0.991 bits per heavy atom. The summed E-state index contributed by atoms with van der Waals surface area (Å²) in [6.45, 7) is 24.5. The third-order valence-corrected chi connectivity index (χ3v) is 19.8. The Morgan fingerprint density at radius 1 is 0.421 bits per heavy atom. The van der Waals surface area contributed by atoms with E-state index < -0.39 is 5.60 Å². The van der Waals surface area contributed by atoms with Crippen LogP contribution in [0.2, 0.25) is 0 Å². The number of piperazine rings is 3. The fraction of sp³-hybridized carbons (Fsp3) is 0.573. The number of likely N-dealkylation sites (tertiary alicyclic amines) is 3. The number of ether oxygens (including phenoxy) is 2. The first kappa shape index (κ1) is 80.5. The van der Waals surface area contributed by atoms with Crippen LogP contribution >= 0.6 is 0 Å². The zero-order valence-electron chi connectivity index (χ0n) is 62.3. The van der Waals surface area contributed by atoms with Gasteiger partial charge in [0.2, 0.25) is 35.6 Å². The lowest BCUT2D eigenvalue weighted by molar-refractivity contribution is -0.155. The monoisotopic (exact) mass is 1480 g/mol. The standard InChI is InChI=1S/C28H40FN7O3.C25H34FN7O3.C22H31FN8O/c1-28(2,3)39-26(38)5-4-12-34-13-10-23(11-14-34)31-25(37)20-35-15-17-36(18-16-35)27-32-24(19-30-33-27)21-6-8-22(29)9-7-21;1-36-24(35)3-2-10-31-11-8-21(9-12-31)28-23(34)18-32-13-15-33(16-14-32)25-29-22(17-27-30-25)19-4-6-20(26)7-5-19;23-18-3-1-17(2-4-18)20-15-25-28-22(27-20)31-13-11-30(12-14-31)16-21(32)26-19-5-8-29(9-6-19)10-7-24/h6-9,19,23H,4-5,10-18,20H2,1-3H3,(H,31,37);4-7,17,21H,2-3,8-16,18H2,1H3,(H,28,34);1-4,15,19H,5-14,16,24H2,(H,26,32). The molecule has 0 unspecified atom stereocenters. The number of nitrogens with one attached hydrogen (secondary N) is 3. The van der Waals surface area contributed by atoms with Crippen LogP contribution in [0.15, 0.2) is 91.4 Å². The van der Waals surface area contributed by atoms with Gasteiger partial charge in [0.25, 0.3) is 0 Å². The molecular formula is C75H105F3N22O7. The number of nitrogens with two attached hydrogens (primary N) is 1. The van der Waals surface area contributed by atoms with Gasteiger partial charge in [-0.1, -0.05) is 0 Å². The summed E-state index contributed by atoms with van der Waals surface area (Å²) in [7, 11) is 1.41. The molecular weight excluding hydrogens is 1380 g/mol. The number of hydrogen-bond donors (Lipinski definition) is 4. The molecule has 107 heavy (non-hydrogen) atoms. The number of nitrogens with zero attached hydrogens (tertiary/aromatic N) is 18. The number of halogens is 3. The number of benzene rings is 3. The largest absolute Gasteiger partial charge is 0.469 e. The van der Waals surface area contributed by atoms with Gasteiger partial charge in [0, 0.05) is 179 Å². The highest BCUT2D eigenvalue weighted by Crippen LogP contribution is 2.24. The van der Waals surface area contributed by atoms with Crippen molar-refractivity contribution in [1.82, 2.24) is 90.9 Å². The predicted octanol–water partition coefficient (Wildman–Crippen LogP) is 4.17. The van der Waals surface area contributed by atoms with E-state index in [0.717, 1.165) is 179 Å². The van der Waals surface area contributed by atoms with Crippen LogP contribution in [-0.2, 0) is 33.4 Å². The predicted molar refractivity (Wildman–Crippen MR) is 400 cm³/mol. The van der Waals surface area contributed by atoms with E-state index in [1.165, 1.54) is 43.5 Å². The smallest absolute Gasteiger partial charge is 0.306 e. The Hall–Kier alpha value is -9.05. The summed E-state index contributed by atoms with van der Waals surface area (Å²) in [6, 6.07) is 19.1. The molecule has 6 fully saturated rings. The summed E-state index contributed by atoms with van der Waals surface area (Å²) < 4.78 is 49.7. The zero-order chi connectivity index (χ0) is 75.5. The van der Waals surface area contributed by atoms with E-state index in [-0.39, 0.29) is 65.2 Å². The first-order chi connectivity index (χ1) is 51.7. The van der Waals surface area contributed by atoms with Crippen molar-refractivity contribution < 1.29 is 46.6 Å². The number of methoxy groups -OCH3 is 1. The molecule has 6 aromatic rings. The number of esters is 2. The van der Waals surface area contributed by atoms with Crippen molar-refractivity contribution in [3.05, 3.63) is 109 Å². The molecule has 578 valence electrons. The summed E-state index contributed by atoms with van der Waals surface area (Å²) in [4.78, 5) is 94.5. The normalized spacial score (nSPS) is 18.0. The molecule has 12 rings (SSSR count). The van der Waals surface area contributed by atoms with Gasteiger partial charge in [-0.3, -0.25) is 38.7 Å². The number of piperidine rings is 3. The van der Waals surface area contributed by atoms with Crippen molar-refractivity contribution in [3.8, 4) is 33.8 Å². The highest BCUT2D eigenvalue weighted by atomic mass is 19.1. The van der Waals surface area contributed by atoms with Gasteiger partial charge in [0.1, 0.15) is 23.1 Å². The SMILES string of the molecule is CC(C)(C)OC(=O)CCCN1CCC(NC(=O)CN2CCN(c3nncc(-c4ccc(F)cc4)n3)CC2)CC1.COC(=O)CCCN1CCC(NC(=O)CN2CCN(c3nncc(-c4ccc(F)cc4)n3)CC2)CC1.NCCN1CCC(NC(=O)CN2CCN(c3nncc(-c4ccc(F)cc4)n3)CC2)CC1. The molecule has 9 heterocycles. The summed E-state index contributed by atoms with van der Waals surface area (Å²) in [5.74, 6) is 0.664. The summed E-state index contributed by atoms with van der Waals surface area (Å²) in [5.41, 5.74) is 9.51. The van der Waals surface area contributed by atoms with Crippen molar-refractivity contribution in [2.75, 3.05) is 185 Å². The van der Waals surface area contributed by atoms with Crippen LogP contribution < -0.4 is 36.4 Å². The van der Waals surface area contributed by atoms with E-state index in [4.69, 9.17) is 10.5 Å². The van der Waals surface area contributed by atoms with E-state index in [0.29, 0.717) is 100 Å². The van der Waals surface area contributed by atoms with Crippen LogP contribution in [-0.4, -0.2) is 299 Å². The number of carbonyl (C=O) groups is 5. The molecule has 0 bridgehead atoms. The van der Waals surface area contributed by atoms with E-state index in [9.17, 15) is 37.1 Å². The molecule has 3 amide bonds. The van der Waals surface area contributed by atoms with Crippen molar-refractivity contribution in [2.45, 2.75) is 109 Å². The number of hydrogen-bond acceptors (Lipinski definition) is 26. The van der Waals surface area contributed by atoms with Crippen LogP contribution in [0.1, 0.15) is 85.0 Å². The molecule has 0 aliphatic carbocycles. The molecule has 0 saturated carbocycles. The summed E-state index contributed by atoms with van der Waals surface area (Å²) in [5, 5.41) is 34.3. The minimum atomic E-state index is -0.439. The number of carbonyl (C=O) groups excluding carboxylic acids is 5. The lowest BCUT2D eigenvalue weighted by Gasteiger charge is -2.35. The quantitative estimate of drug-likeness (QED) is 0.0584. The van der Waals surface area contributed by atoms with Crippen molar-refractivity contribution in [3.63, 3.8) is 0 Å². The average molecular weight is 1480 g/mol. The van der Waals surface area contributed by atoms with Gasteiger partial charge in [-0.15, -0.1) is 15.3 Å². The van der Waals surface area contributed by atoms with Crippen molar-refractivity contribution >= 4 is 47.5 Å². The lowest BCUT2D eigenvalue weighted by Crippen LogP contribution is -2.52. The molecule has 3 aromatic heterocycles. The van der Waals surface area contributed by atoms with Crippen LogP contribution in [0.25, 0.3) is 33.8 Å². The molecule has 3 aromatic carbocycles. The van der Waals surface area contributed by atoms with Gasteiger partial charge in [-0.2, -0.15) is 15.3 Å². The Labute approximate surface area is 624 Å². The van der Waals surface area contributed by atoms with Gasteiger partial charge in [0.05, 0.1) is 62.4 Å². The molecule has 6 aliphatic heterocycles. The molecule has 0 radical (unpaired) electrons. The van der Waals surface area contributed by atoms with Gasteiger partial charge >= 0.3 is 11.9 Å². The van der Waals surface area contributed by atoms with Gasteiger partial charge in [-0.05, 0) is 158 Å². The molecule has 6 aliphatic rings. The maximum absolute atomic E-state index is 13.2. The van der Waals surface area contributed by atoms with Gasteiger partial charge < -0.3 is 60.6 Å². The minimum absolute atomic E-state index is 0.0584. The molecule has 29 nitrogen and oxygen atoms in total. The van der Waals surface area contributed by atoms with E-state index in [1.54, 1.807) is 55.0 Å².